The summed E-state index contributed by atoms with van der Waals surface area (Å²) < 4.78 is 0. The van der Waals surface area contributed by atoms with Gasteiger partial charge in [-0.15, -0.1) is 0 Å². The Balaban J connectivity index is 1.93. The molecule has 0 heterocycles. The third-order valence-corrected chi connectivity index (χ3v) is 2.20. The molecule has 0 aromatic carbocycles. The Labute approximate surface area is 73.4 Å². The summed E-state index contributed by atoms with van der Waals surface area (Å²) in [6, 6.07) is 0. The van der Waals surface area contributed by atoms with E-state index in [1.54, 1.807) is 0 Å². The number of hydrogen-bond acceptors (Lipinski definition) is 2. The van der Waals surface area contributed by atoms with Crippen LogP contribution in [0.5, 0.6) is 0 Å². The van der Waals surface area contributed by atoms with Gasteiger partial charge in [-0.25, -0.2) is 0 Å². The SMILES string of the molecule is CN(CCCC(=O)O)CC1CC1. The first kappa shape index (κ1) is 9.52. The summed E-state index contributed by atoms with van der Waals surface area (Å²) in [7, 11) is 2.07. The van der Waals surface area contributed by atoms with Crippen molar-refractivity contribution in [2.24, 2.45) is 5.92 Å². The van der Waals surface area contributed by atoms with E-state index in [4.69, 9.17) is 5.11 Å². The van der Waals surface area contributed by atoms with Crippen LogP contribution in [-0.4, -0.2) is 36.1 Å². The minimum Gasteiger partial charge on any atom is -0.481 e. The van der Waals surface area contributed by atoms with Gasteiger partial charge in [0, 0.05) is 13.0 Å². The Bertz CT molecular complexity index is 155. The van der Waals surface area contributed by atoms with E-state index in [0.29, 0.717) is 6.42 Å². The Kier molecular flexibility index (Phi) is 3.53. The second-order valence-corrected chi connectivity index (χ2v) is 3.70. The number of nitrogens with zero attached hydrogens (tertiary/aromatic N) is 1. The molecule has 0 atom stereocenters. The van der Waals surface area contributed by atoms with Gasteiger partial charge in [-0.3, -0.25) is 4.79 Å². The number of hydrogen-bond donors (Lipinski definition) is 1. The van der Waals surface area contributed by atoms with Crippen molar-refractivity contribution < 1.29 is 9.90 Å². The molecule has 0 amide bonds. The van der Waals surface area contributed by atoms with E-state index in [-0.39, 0.29) is 0 Å². The number of aliphatic carboxylic acids is 1. The summed E-state index contributed by atoms with van der Waals surface area (Å²) in [5.41, 5.74) is 0. The zero-order valence-corrected chi connectivity index (χ0v) is 7.62. The van der Waals surface area contributed by atoms with Crippen LogP contribution in [-0.2, 0) is 4.79 Å². The zero-order valence-electron chi connectivity index (χ0n) is 7.62. The number of carboxylic acid groups (broad SMARTS) is 1. The Morgan fingerprint density at radius 1 is 1.58 bits per heavy atom. The van der Waals surface area contributed by atoms with Gasteiger partial charge >= 0.3 is 5.97 Å². The molecule has 1 aliphatic carbocycles. The fourth-order valence-electron chi connectivity index (χ4n) is 1.33. The van der Waals surface area contributed by atoms with Crippen molar-refractivity contribution in [2.45, 2.75) is 25.7 Å². The molecule has 1 N–H and O–H groups in total. The maximum atomic E-state index is 10.2. The van der Waals surface area contributed by atoms with Gasteiger partial charge in [-0.2, -0.15) is 0 Å². The maximum Gasteiger partial charge on any atom is 0.303 e. The molecule has 3 heteroatoms. The summed E-state index contributed by atoms with van der Waals surface area (Å²) in [6.45, 7) is 2.07. The van der Waals surface area contributed by atoms with Crippen molar-refractivity contribution in [1.29, 1.82) is 0 Å². The van der Waals surface area contributed by atoms with Gasteiger partial charge in [0.05, 0.1) is 0 Å². The fourth-order valence-corrected chi connectivity index (χ4v) is 1.33. The molecule has 70 valence electrons. The van der Waals surface area contributed by atoms with Crippen molar-refractivity contribution >= 4 is 5.97 Å². The Morgan fingerprint density at radius 2 is 2.25 bits per heavy atom. The summed E-state index contributed by atoms with van der Waals surface area (Å²) in [5.74, 6) is 0.217. The van der Waals surface area contributed by atoms with E-state index in [1.165, 1.54) is 12.8 Å². The molecule has 0 unspecified atom stereocenters. The number of rotatable bonds is 6. The van der Waals surface area contributed by atoms with Crippen molar-refractivity contribution in [3.63, 3.8) is 0 Å². The van der Waals surface area contributed by atoms with Crippen molar-refractivity contribution in [3.8, 4) is 0 Å². The highest BCUT2D eigenvalue weighted by Gasteiger charge is 2.22. The van der Waals surface area contributed by atoms with E-state index in [2.05, 4.69) is 11.9 Å². The van der Waals surface area contributed by atoms with Crippen LogP contribution in [0.3, 0.4) is 0 Å². The monoisotopic (exact) mass is 171 g/mol. The summed E-state index contributed by atoms with van der Waals surface area (Å²) >= 11 is 0. The van der Waals surface area contributed by atoms with Crippen molar-refractivity contribution in [1.82, 2.24) is 4.90 Å². The molecule has 12 heavy (non-hydrogen) atoms. The lowest BCUT2D eigenvalue weighted by Gasteiger charge is -2.14. The average Bonchev–Trinajstić information content (AvgIpc) is 2.70. The predicted octanol–water partition coefficient (Wildman–Crippen LogP) is 1.19. The van der Waals surface area contributed by atoms with Crippen LogP contribution >= 0.6 is 0 Å². The standard InChI is InChI=1S/C9H17NO2/c1-10(7-8-4-5-8)6-2-3-9(11)12/h8H,2-7H2,1H3,(H,11,12). The molecule has 0 aromatic heterocycles. The Hall–Kier alpha value is -0.570. The Morgan fingerprint density at radius 3 is 2.75 bits per heavy atom. The van der Waals surface area contributed by atoms with Crippen LogP contribution in [0.15, 0.2) is 0 Å². The molecule has 0 aliphatic heterocycles. The van der Waals surface area contributed by atoms with Gasteiger partial charge in [0.25, 0.3) is 0 Å². The summed E-state index contributed by atoms with van der Waals surface area (Å²) in [6.07, 6.45) is 3.81. The molecular weight excluding hydrogens is 154 g/mol. The number of carboxylic acids is 1. The smallest absolute Gasteiger partial charge is 0.303 e. The average molecular weight is 171 g/mol. The highest BCUT2D eigenvalue weighted by molar-refractivity contribution is 5.66. The fraction of sp³-hybridized carbons (Fsp3) is 0.889. The molecule has 0 spiro atoms. The third kappa shape index (κ3) is 4.34. The van der Waals surface area contributed by atoms with E-state index in [0.717, 1.165) is 25.4 Å². The molecule has 1 aliphatic rings. The quantitative estimate of drug-likeness (QED) is 0.652. The van der Waals surface area contributed by atoms with Crippen LogP contribution in [0.4, 0.5) is 0 Å². The number of carbonyl (C=O) groups is 1. The summed E-state index contributed by atoms with van der Waals surface area (Å²) in [4.78, 5) is 12.4. The first-order chi connectivity index (χ1) is 5.68. The predicted molar refractivity (Wildman–Crippen MR) is 47.1 cm³/mol. The topological polar surface area (TPSA) is 40.5 Å². The van der Waals surface area contributed by atoms with Crippen LogP contribution in [0.2, 0.25) is 0 Å². The highest BCUT2D eigenvalue weighted by atomic mass is 16.4. The van der Waals surface area contributed by atoms with Crippen molar-refractivity contribution in [2.75, 3.05) is 20.1 Å². The minimum absolute atomic E-state index is 0.301. The van der Waals surface area contributed by atoms with Gasteiger partial charge in [0.1, 0.15) is 0 Å². The van der Waals surface area contributed by atoms with Crippen LogP contribution < -0.4 is 0 Å². The molecule has 0 saturated heterocycles. The van der Waals surface area contributed by atoms with Crippen LogP contribution in [0.1, 0.15) is 25.7 Å². The third-order valence-electron chi connectivity index (χ3n) is 2.20. The molecule has 0 bridgehead atoms. The lowest BCUT2D eigenvalue weighted by molar-refractivity contribution is -0.137. The first-order valence-electron chi connectivity index (χ1n) is 4.59. The van der Waals surface area contributed by atoms with Crippen molar-refractivity contribution in [3.05, 3.63) is 0 Å². The largest absolute Gasteiger partial charge is 0.481 e. The maximum absolute atomic E-state index is 10.2. The highest BCUT2D eigenvalue weighted by Crippen LogP contribution is 2.29. The van der Waals surface area contributed by atoms with Gasteiger partial charge in [0.15, 0.2) is 0 Å². The zero-order chi connectivity index (χ0) is 8.97. The van der Waals surface area contributed by atoms with Crippen LogP contribution in [0, 0.1) is 5.92 Å². The lowest BCUT2D eigenvalue weighted by atomic mass is 10.3. The second-order valence-electron chi connectivity index (χ2n) is 3.70. The molecule has 0 aromatic rings. The van der Waals surface area contributed by atoms with E-state index in [1.807, 2.05) is 0 Å². The molecule has 3 nitrogen and oxygen atoms in total. The minimum atomic E-state index is -0.685. The molecule has 1 fully saturated rings. The van der Waals surface area contributed by atoms with Gasteiger partial charge < -0.3 is 10.0 Å². The second kappa shape index (κ2) is 4.45. The first-order valence-corrected chi connectivity index (χ1v) is 4.59. The van der Waals surface area contributed by atoms with Crippen LogP contribution in [0.25, 0.3) is 0 Å². The molecule has 1 rings (SSSR count). The van der Waals surface area contributed by atoms with E-state index < -0.39 is 5.97 Å². The van der Waals surface area contributed by atoms with E-state index in [9.17, 15) is 4.79 Å². The summed E-state index contributed by atoms with van der Waals surface area (Å²) in [5, 5.41) is 8.40. The van der Waals surface area contributed by atoms with Gasteiger partial charge in [-0.05, 0) is 38.8 Å². The lowest BCUT2D eigenvalue weighted by Crippen LogP contribution is -2.22. The molecular formula is C9H17NO2. The van der Waals surface area contributed by atoms with E-state index >= 15 is 0 Å². The molecule has 0 radical (unpaired) electrons. The molecule has 1 saturated carbocycles. The van der Waals surface area contributed by atoms with Gasteiger partial charge in [-0.1, -0.05) is 0 Å². The normalized spacial score (nSPS) is 16.8. The van der Waals surface area contributed by atoms with Gasteiger partial charge in [0.2, 0.25) is 0 Å².